The third-order valence-corrected chi connectivity index (χ3v) is 5.06. The fraction of sp³-hybridized carbons (Fsp3) is 0.615. The molecule has 1 aliphatic carbocycles. The van der Waals surface area contributed by atoms with Gasteiger partial charge in [0, 0.05) is 24.7 Å². The van der Waals surface area contributed by atoms with Crippen molar-refractivity contribution < 1.29 is 0 Å². The van der Waals surface area contributed by atoms with Crippen molar-refractivity contribution in [3.05, 3.63) is 10.4 Å². The second-order valence-electron chi connectivity index (χ2n) is 5.27. The van der Waals surface area contributed by atoms with E-state index in [1.165, 1.54) is 23.4 Å². The van der Waals surface area contributed by atoms with Crippen LogP contribution in [0.25, 0.3) is 0 Å². The SMILES string of the molecule is N#Cc1sc(N2CCC(N)CC2)c(C2CC2)c1N. The first kappa shape index (κ1) is 11.8. The lowest BCUT2D eigenvalue weighted by Crippen LogP contribution is -2.39. The summed E-state index contributed by atoms with van der Waals surface area (Å²) < 4.78 is 0. The molecule has 0 spiro atoms. The number of nitrogens with two attached hydrogens (primary N) is 2. The topological polar surface area (TPSA) is 79.1 Å². The Kier molecular flexibility index (Phi) is 2.92. The maximum atomic E-state index is 9.14. The molecule has 2 aliphatic rings. The predicted molar refractivity (Wildman–Crippen MR) is 74.8 cm³/mol. The molecule has 4 nitrogen and oxygen atoms in total. The van der Waals surface area contributed by atoms with Crippen LogP contribution in [0.3, 0.4) is 0 Å². The number of hydrogen-bond acceptors (Lipinski definition) is 5. The fourth-order valence-corrected chi connectivity index (χ4v) is 3.79. The van der Waals surface area contributed by atoms with Gasteiger partial charge in [0.15, 0.2) is 0 Å². The Morgan fingerprint density at radius 1 is 1.22 bits per heavy atom. The molecule has 1 aromatic rings. The summed E-state index contributed by atoms with van der Waals surface area (Å²) in [7, 11) is 0. The van der Waals surface area contributed by atoms with Crippen molar-refractivity contribution in [2.45, 2.75) is 37.6 Å². The average molecular weight is 262 g/mol. The van der Waals surface area contributed by atoms with Crippen LogP contribution in [0.5, 0.6) is 0 Å². The number of hydrogen-bond donors (Lipinski definition) is 2. The summed E-state index contributed by atoms with van der Waals surface area (Å²) in [5.41, 5.74) is 14.0. The van der Waals surface area contributed by atoms with Gasteiger partial charge in [0.2, 0.25) is 0 Å². The average Bonchev–Trinajstić information content (AvgIpc) is 3.15. The third-order valence-electron chi connectivity index (χ3n) is 3.88. The first-order valence-electron chi connectivity index (χ1n) is 6.53. The van der Waals surface area contributed by atoms with Crippen LogP contribution in [0.15, 0.2) is 0 Å². The lowest BCUT2D eigenvalue weighted by molar-refractivity contribution is 0.502. The second kappa shape index (κ2) is 4.45. The van der Waals surface area contributed by atoms with Gasteiger partial charge in [-0.2, -0.15) is 5.26 Å². The van der Waals surface area contributed by atoms with Crippen molar-refractivity contribution >= 4 is 22.0 Å². The number of anilines is 2. The number of rotatable bonds is 2. The molecule has 4 N–H and O–H groups in total. The molecular formula is C13H18N4S. The van der Waals surface area contributed by atoms with E-state index in [9.17, 15) is 0 Å². The van der Waals surface area contributed by atoms with Gasteiger partial charge in [-0.05, 0) is 31.6 Å². The zero-order chi connectivity index (χ0) is 12.7. The largest absolute Gasteiger partial charge is 0.397 e. The molecule has 0 bridgehead atoms. The van der Waals surface area contributed by atoms with E-state index in [2.05, 4.69) is 11.0 Å². The van der Waals surface area contributed by atoms with E-state index in [4.69, 9.17) is 16.7 Å². The molecule has 0 radical (unpaired) electrons. The van der Waals surface area contributed by atoms with Gasteiger partial charge in [-0.25, -0.2) is 0 Å². The molecular weight excluding hydrogens is 244 g/mol. The highest BCUT2D eigenvalue weighted by Crippen LogP contribution is 2.52. The van der Waals surface area contributed by atoms with E-state index in [-0.39, 0.29) is 0 Å². The summed E-state index contributed by atoms with van der Waals surface area (Å²) in [6, 6.07) is 2.56. The van der Waals surface area contributed by atoms with Crippen LogP contribution in [0.4, 0.5) is 10.7 Å². The van der Waals surface area contributed by atoms with Gasteiger partial charge in [0.05, 0.1) is 10.7 Å². The van der Waals surface area contributed by atoms with Crippen LogP contribution < -0.4 is 16.4 Å². The van der Waals surface area contributed by atoms with Crippen LogP contribution in [-0.4, -0.2) is 19.1 Å². The minimum atomic E-state index is 0.332. The summed E-state index contributed by atoms with van der Waals surface area (Å²) in [4.78, 5) is 3.06. The smallest absolute Gasteiger partial charge is 0.130 e. The lowest BCUT2D eigenvalue weighted by Gasteiger charge is -2.31. The summed E-state index contributed by atoms with van der Waals surface area (Å²) >= 11 is 1.56. The fourth-order valence-electron chi connectivity index (χ4n) is 2.63. The molecule has 5 heteroatoms. The lowest BCUT2D eigenvalue weighted by atomic mass is 10.1. The van der Waals surface area contributed by atoms with Crippen molar-refractivity contribution in [1.29, 1.82) is 5.26 Å². The molecule has 96 valence electrons. The second-order valence-corrected chi connectivity index (χ2v) is 6.27. The van der Waals surface area contributed by atoms with Gasteiger partial charge in [-0.1, -0.05) is 0 Å². The van der Waals surface area contributed by atoms with E-state index in [0.717, 1.165) is 31.6 Å². The zero-order valence-corrected chi connectivity index (χ0v) is 11.2. The van der Waals surface area contributed by atoms with E-state index < -0.39 is 0 Å². The molecule has 0 aromatic carbocycles. The number of nitriles is 1. The van der Waals surface area contributed by atoms with Crippen molar-refractivity contribution in [2.75, 3.05) is 23.7 Å². The highest BCUT2D eigenvalue weighted by atomic mass is 32.1. The monoisotopic (exact) mass is 262 g/mol. The number of nitrogen functional groups attached to an aromatic ring is 1. The third kappa shape index (κ3) is 1.96. The molecule has 18 heavy (non-hydrogen) atoms. The van der Waals surface area contributed by atoms with Crippen LogP contribution in [0, 0.1) is 11.3 Å². The normalized spacial score (nSPS) is 21.0. The minimum Gasteiger partial charge on any atom is -0.397 e. The summed E-state index contributed by atoms with van der Waals surface area (Å²) in [5.74, 6) is 0.592. The molecule has 2 fully saturated rings. The molecule has 2 heterocycles. The molecule has 1 aromatic heterocycles. The Hall–Kier alpha value is -1.25. The quantitative estimate of drug-likeness (QED) is 0.854. The molecule has 0 amide bonds. The van der Waals surface area contributed by atoms with Gasteiger partial charge in [0.25, 0.3) is 0 Å². The Morgan fingerprint density at radius 2 is 1.89 bits per heavy atom. The summed E-state index contributed by atoms with van der Waals surface area (Å²) in [5, 5.41) is 10.4. The standard InChI is InChI=1S/C13H18N4S/c14-7-10-12(16)11(8-1-2-8)13(18-10)17-5-3-9(15)4-6-17/h8-9H,1-6,15-16H2. The predicted octanol–water partition coefficient (Wildman–Crippen LogP) is 2.01. The van der Waals surface area contributed by atoms with E-state index in [1.54, 1.807) is 11.3 Å². The van der Waals surface area contributed by atoms with E-state index >= 15 is 0 Å². The number of nitrogens with zero attached hydrogens (tertiary/aromatic N) is 2. The molecule has 1 saturated carbocycles. The molecule has 1 saturated heterocycles. The van der Waals surface area contributed by atoms with Gasteiger partial charge in [-0.15, -0.1) is 11.3 Å². The molecule has 0 atom stereocenters. The molecule has 1 aliphatic heterocycles. The Balaban J connectivity index is 1.93. The Bertz CT molecular complexity index is 490. The van der Waals surface area contributed by atoms with E-state index in [1.807, 2.05) is 0 Å². The highest BCUT2D eigenvalue weighted by Gasteiger charge is 2.33. The van der Waals surface area contributed by atoms with Gasteiger partial charge >= 0.3 is 0 Å². The van der Waals surface area contributed by atoms with Crippen LogP contribution in [0.2, 0.25) is 0 Å². The van der Waals surface area contributed by atoms with Crippen LogP contribution in [0.1, 0.15) is 42.0 Å². The van der Waals surface area contributed by atoms with Crippen molar-refractivity contribution in [3.8, 4) is 6.07 Å². The van der Waals surface area contributed by atoms with Gasteiger partial charge < -0.3 is 16.4 Å². The van der Waals surface area contributed by atoms with Crippen molar-refractivity contribution in [1.82, 2.24) is 0 Å². The maximum Gasteiger partial charge on any atom is 0.130 e. The summed E-state index contributed by atoms with van der Waals surface area (Å²) in [6.07, 6.45) is 4.49. The number of thiophene rings is 1. The van der Waals surface area contributed by atoms with Crippen molar-refractivity contribution in [3.63, 3.8) is 0 Å². The van der Waals surface area contributed by atoms with Crippen molar-refractivity contribution in [2.24, 2.45) is 5.73 Å². The Labute approximate surface area is 111 Å². The summed E-state index contributed by atoms with van der Waals surface area (Å²) in [6.45, 7) is 1.98. The first-order chi connectivity index (χ1) is 8.70. The van der Waals surface area contributed by atoms with Gasteiger partial charge in [0.1, 0.15) is 10.9 Å². The Morgan fingerprint density at radius 3 is 2.44 bits per heavy atom. The minimum absolute atomic E-state index is 0.332. The number of piperidine rings is 1. The highest BCUT2D eigenvalue weighted by molar-refractivity contribution is 7.17. The van der Waals surface area contributed by atoms with Gasteiger partial charge in [-0.3, -0.25) is 0 Å². The van der Waals surface area contributed by atoms with Crippen LogP contribution in [-0.2, 0) is 0 Å². The first-order valence-corrected chi connectivity index (χ1v) is 7.35. The molecule has 0 unspecified atom stereocenters. The maximum absolute atomic E-state index is 9.14. The van der Waals surface area contributed by atoms with Crippen LogP contribution >= 0.6 is 11.3 Å². The van der Waals surface area contributed by atoms with E-state index in [0.29, 0.717) is 16.8 Å². The molecule has 3 rings (SSSR count). The zero-order valence-electron chi connectivity index (χ0n) is 10.4.